The van der Waals surface area contributed by atoms with Crippen LogP contribution in [0.4, 0.5) is 0 Å². The molecule has 1 unspecified atom stereocenters. The summed E-state index contributed by atoms with van der Waals surface area (Å²) < 4.78 is 5.29. The number of hydrogen-bond acceptors (Lipinski definition) is 3. The van der Waals surface area contributed by atoms with Crippen LogP contribution < -0.4 is 0 Å². The highest BCUT2D eigenvalue weighted by molar-refractivity contribution is 5.24. The number of aliphatic hydroxyl groups is 1. The number of aromatic nitrogens is 1. The molecule has 2 heterocycles. The Bertz CT molecular complexity index is 360. The van der Waals surface area contributed by atoms with E-state index in [2.05, 4.69) is 4.98 Å². The van der Waals surface area contributed by atoms with Crippen LogP contribution in [0, 0.1) is 6.92 Å². The van der Waals surface area contributed by atoms with Gasteiger partial charge in [0.05, 0.1) is 6.61 Å². The average molecular weight is 191 g/mol. The van der Waals surface area contributed by atoms with Gasteiger partial charge in [-0.1, -0.05) is 0 Å². The summed E-state index contributed by atoms with van der Waals surface area (Å²) in [6.07, 6.45) is 5.57. The molecule has 0 bridgehead atoms. The van der Waals surface area contributed by atoms with Crippen LogP contribution in [0.3, 0.4) is 0 Å². The van der Waals surface area contributed by atoms with Crippen molar-refractivity contribution in [3.8, 4) is 0 Å². The van der Waals surface area contributed by atoms with Crippen molar-refractivity contribution in [2.24, 2.45) is 0 Å². The minimum Gasteiger partial charge on any atom is -0.495 e. The van der Waals surface area contributed by atoms with Gasteiger partial charge in [0.25, 0.3) is 0 Å². The molecule has 0 saturated carbocycles. The monoisotopic (exact) mass is 191 g/mol. The smallest absolute Gasteiger partial charge is 0.137 e. The number of rotatable bonds is 2. The predicted octanol–water partition coefficient (Wildman–Crippen LogP) is 1.73. The molecule has 0 amide bonds. The maximum atomic E-state index is 9.91. The molecule has 1 aliphatic rings. The molecule has 0 aromatic carbocycles. The van der Waals surface area contributed by atoms with Crippen molar-refractivity contribution in [3.05, 3.63) is 41.4 Å². The Morgan fingerprint density at radius 3 is 3.00 bits per heavy atom. The minimum atomic E-state index is -0.662. The van der Waals surface area contributed by atoms with E-state index in [4.69, 9.17) is 4.74 Å². The highest BCUT2D eigenvalue weighted by Crippen LogP contribution is 2.25. The Morgan fingerprint density at radius 1 is 1.50 bits per heavy atom. The lowest BCUT2D eigenvalue weighted by Gasteiger charge is -2.12. The first-order valence-electron chi connectivity index (χ1n) is 4.70. The summed E-state index contributed by atoms with van der Waals surface area (Å²) in [5, 5.41) is 9.91. The molecular formula is C11H13NO2. The van der Waals surface area contributed by atoms with Crippen molar-refractivity contribution in [1.29, 1.82) is 0 Å². The van der Waals surface area contributed by atoms with Crippen LogP contribution in [0.1, 0.15) is 23.7 Å². The first-order chi connectivity index (χ1) is 6.77. The zero-order chi connectivity index (χ0) is 9.97. The number of aliphatic hydroxyl groups excluding tert-OH is 1. The van der Waals surface area contributed by atoms with Gasteiger partial charge < -0.3 is 9.84 Å². The molecule has 1 aromatic rings. The van der Waals surface area contributed by atoms with Crippen LogP contribution in [0.5, 0.6) is 0 Å². The van der Waals surface area contributed by atoms with Gasteiger partial charge in [0.2, 0.25) is 0 Å². The molecule has 0 spiro atoms. The molecule has 3 nitrogen and oxygen atoms in total. The van der Waals surface area contributed by atoms with Gasteiger partial charge in [-0.2, -0.15) is 0 Å². The van der Waals surface area contributed by atoms with E-state index in [1.54, 1.807) is 12.4 Å². The van der Waals surface area contributed by atoms with E-state index < -0.39 is 6.10 Å². The van der Waals surface area contributed by atoms with E-state index in [9.17, 15) is 5.11 Å². The van der Waals surface area contributed by atoms with Gasteiger partial charge in [-0.3, -0.25) is 4.98 Å². The molecule has 1 aromatic heterocycles. The molecule has 0 radical (unpaired) electrons. The second kappa shape index (κ2) is 3.80. The lowest BCUT2D eigenvalue weighted by atomic mass is 10.1. The molecule has 0 saturated heterocycles. The van der Waals surface area contributed by atoms with Crippen LogP contribution >= 0.6 is 0 Å². The molecule has 74 valence electrons. The molecule has 2 rings (SSSR count). The number of ether oxygens (including phenoxy) is 1. The van der Waals surface area contributed by atoms with E-state index in [1.807, 2.05) is 19.1 Å². The number of hydrogen-bond donors (Lipinski definition) is 1. The van der Waals surface area contributed by atoms with Crippen LogP contribution in [-0.2, 0) is 4.74 Å². The molecule has 0 fully saturated rings. The quantitative estimate of drug-likeness (QED) is 0.774. The van der Waals surface area contributed by atoms with Crippen LogP contribution in [0.2, 0.25) is 0 Å². The van der Waals surface area contributed by atoms with Crippen molar-refractivity contribution in [2.45, 2.75) is 19.4 Å². The van der Waals surface area contributed by atoms with Gasteiger partial charge in [-0.05, 0) is 24.6 Å². The second-order valence-electron chi connectivity index (χ2n) is 3.44. The molecule has 14 heavy (non-hydrogen) atoms. The van der Waals surface area contributed by atoms with E-state index in [0.717, 1.165) is 17.5 Å². The standard InChI is InChI=1S/C11H13NO2/c1-8-5-9(7-12-6-8)11(13)10-3-2-4-14-10/h3,5-7,11,13H,2,4H2,1H3. The normalized spacial score (nSPS) is 17.4. The maximum Gasteiger partial charge on any atom is 0.137 e. The largest absolute Gasteiger partial charge is 0.495 e. The van der Waals surface area contributed by atoms with Crippen LogP contribution in [0.25, 0.3) is 0 Å². The molecule has 0 aliphatic carbocycles. The van der Waals surface area contributed by atoms with Crippen molar-refractivity contribution < 1.29 is 9.84 Å². The van der Waals surface area contributed by atoms with Gasteiger partial charge in [0, 0.05) is 24.4 Å². The number of nitrogens with zero attached hydrogens (tertiary/aromatic N) is 1. The van der Waals surface area contributed by atoms with E-state index >= 15 is 0 Å². The maximum absolute atomic E-state index is 9.91. The minimum absolute atomic E-state index is 0.650. The van der Waals surface area contributed by atoms with Crippen molar-refractivity contribution >= 4 is 0 Å². The zero-order valence-corrected chi connectivity index (χ0v) is 8.10. The van der Waals surface area contributed by atoms with E-state index in [1.165, 1.54) is 0 Å². The summed E-state index contributed by atoms with van der Waals surface area (Å²) in [4.78, 5) is 4.03. The highest BCUT2D eigenvalue weighted by Gasteiger charge is 2.17. The molecule has 3 heteroatoms. The molecule has 1 atom stereocenters. The first kappa shape index (κ1) is 9.21. The number of pyridine rings is 1. The summed E-state index contributed by atoms with van der Waals surface area (Å²) in [5.41, 5.74) is 1.83. The fourth-order valence-electron chi connectivity index (χ4n) is 1.52. The zero-order valence-electron chi connectivity index (χ0n) is 8.10. The molecule has 1 aliphatic heterocycles. The lowest BCUT2D eigenvalue weighted by Crippen LogP contribution is -2.02. The summed E-state index contributed by atoms with van der Waals surface area (Å²) in [5.74, 6) is 0.650. The fourth-order valence-corrected chi connectivity index (χ4v) is 1.52. The topological polar surface area (TPSA) is 42.4 Å². The Hall–Kier alpha value is -1.35. The first-order valence-corrected chi connectivity index (χ1v) is 4.70. The van der Waals surface area contributed by atoms with Crippen LogP contribution in [-0.4, -0.2) is 16.7 Å². The molecular weight excluding hydrogens is 178 g/mol. The van der Waals surface area contributed by atoms with Gasteiger partial charge >= 0.3 is 0 Å². The Kier molecular flexibility index (Phi) is 2.50. The SMILES string of the molecule is Cc1cncc(C(O)C2=CCCO2)c1. The fraction of sp³-hybridized carbons (Fsp3) is 0.364. The van der Waals surface area contributed by atoms with E-state index in [-0.39, 0.29) is 0 Å². The Balaban J connectivity index is 2.22. The van der Waals surface area contributed by atoms with Gasteiger partial charge in [0.15, 0.2) is 0 Å². The second-order valence-corrected chi connectivity index (χ2v) is 3.44. The predicted molar refractivity (Wildman–Crippen MR) is 52.6 cm³/mol. The van der Waals surface area contributed by atoms with Crippen molar-refractivity contribution in [3.63, 3.8) is 0 Å². The Labute approximate surface area is 83.1 Å². The summed E-state index contributed by atoms with van der Waals surface area (Å²) in [7, 11) is 0. The summed E-state index contributed by atoms with van der Waals surface area (Å²) >= 11 is 0. The average Bonchev–Trinajstić information content (AvgIpc) is 2.69. The summed E-state index contributed by atoms with van der Waals surface area (Å²) in [6.45, 7) is 2.62. The van der Waals surface area contributed by atoms with Crippen molar-refractivity contribution in [1.82, 2.24) is 4.98 Å². The molecule has 1 N–H and O–H groups in total. The number of aryl methyl sites for hydroxylation is 1. The van der Waals surface area contributed by atoms with Crippen molar-refractivity contribution in [2.75, 3.05) is 6.61 Å². The summed E-state index contributed by atoms with van der Waals surface area (Å²) in [6, 6.07) is 1.92. The third-order valence-electron chi connectivity index (χ3n) is 2.21. The van der Waals surface area contributed by atoms with E-state index in [0.29, 0.717) is 12.4 Å². The lowest BCUT2D eigenvalue weighted by molar-refractivity contribution is 0.118. The third kappa shape index (κ3) is 1.77. The Morgan fingerprint density at radius 2 is 2.36 bits per heavy atom. The van der Waals surface area contributed by atoms with Gasteiger partial charge in [0.1, 0.15) is 11.9 Å². The van der Waals surface area contributed by atoms with Crippen LogP contribution in [0.15, 0.2) is 30.3 Å². The van der Waals surface area contributed by atoms with Gasteiger partial charge in [-0.25, -0.2) is 0 Å². The van der Waals surface area contributed by atoms with Gasteiger partial charge in [-0.15, -0.1) is 0 Å². The third-order valence-corrected chi connectivity index (χ3v) is 2.21. The highest BCUT2D eigenvalue weighted by atomic mass is 16.5.